The first-order valence-electron chi connectivity index (χ1n) is 7.98. The molecule has 0 bridgehead atoms. The molecule has 8 heteroatoms. The first-order valence-corrected chi connectivity index (χ1v) is 9.47. The van der Waals surface area contributed by atoms with Crippen LogP contribution in [0.2, 0.25) is 0 Å². The van der Waals surface area contributed by atoms with Crippen LogP contribution in [0.1, 0.15) is 13.8 Å². The molecule has 1 aromatic carbocycles. The molecule has 24 heavy (non-hydrogen) atoms. The zero-order valence-corrected chi connectivity index (χ0v) is 14.6. The van der Waals surface area contributed by atoms with Gasteiger partial charge in [-0.2, -0.15) is 5.10 Å². The highest BCUT2D eigenvalue weighted by Gasteiger charge is 2.39. The molecule has 2 aliphatic heterocycles. The van der Waals surface area contributed by atoms with Crippen molar-refractivity contribution >= 4 is 26.5 Å². The second-order valence-electron chi connectivity index (χ2n) is 6.26. The van der Waals surface area contributed by atoms with Crippen LogP contribution in [0.3, 0.4) is 0 Å². The number of hydrazone groups is 1. The van der Waals surface area contributed by atoms with Gasteiger partial charge in [0.1, 0.15) is 0 Å². The van der Waals surface area contributed by atoms with Crippen molar-refractivity contribution in [2.24, 2.45) is 11.0 Å². The number of amides is 1. The van der Waals surface area contributed by atoms with Gasteiger partial charge in [-0.25, -0.2) is 8.42 Å². The average Bonchev–Trinajstić information content (AvgIpc) is 2.57. The summed E-state index contributed by atoms with van der Waals surface area (Å²) in [5, 5.41) is 5.44. The molecule has 1 aromatic rings. The Balaban J connectivity index is 2.04. The summed E-state index contributed by atoms with van der Waals surface area (Å²) in [6.45, 7) is 6.14. The molecule has 1 fully saturated rings. The van der Waals surface area contributed by atoms with Gasteiger partial charge in [0.05, 0.1) is 23.8 Å². The maximum absolute atomic E-state index is 12.9. The van der Waals surface area contributed by atoms with E-state index in [0.29, 0.717) is 38.5 Å². The van der Waals surface area contributed by atoms with Crippen molar-refractivity contribution in [3.8, 4) is 0 Å². The lowest BCUT2D eigenvalue weighted by Gasteiger charge is -2.31. The van der Waals surface area contributed by atoms with E-state index in [4.69, 9.17) is 4.74 Å². The molecule has 7 nitrogen and oxygen atoms in total. The second kappa shape index (κ2) is 6.52. The zero-order chi connectivity index (χ0) is 17.3. The maximum atomic E-state index is 12.9. The molecule has 2 aliphatic rings. The van der Waals surface area contributed by atoms with Crippen LogP contribution in [0.15, 0.2) is 34.3 Å². The van der Waals surface area contributed by atoms with Crippen molar-refractivity contribution in [2.45, 2.75) is 18.7 Å². The lowest BCUT2D eigenvalue weighted by atomic mass is 10.2. The fraction of sp³-hybridized carbons (Fsp3) is 0.500. The molecule has 1 amide bonds. The minimum Gasteiger partial charge on any atom is -0.378 e. The van der Waals surface area contributed by atoms with Gasteiger partial charge in [-0.1, -0.05) is 26.0 Å². The minimum atomic E-state index is -3.92. The van der Waals surface area contributed by atoms with E-state index in [1.54, 1.807) is 23.2 Å². The van der Waals surface area contributed by atoms with Gasteiger partial charge in [0.25, 0.3) is 5.91 Å². The van der Waals surface area contributed by atoms with Gasteiger partial charge >= 0.3 is 0 Å². The molecular weight excluding hydrogens is 330 g/mol. The molecule has 0 radical (unpaired) electrons. The van der Waals surface area contributed by atoms with Gasteiger partial charge in [0.2, 0.25) is 14.9 Å². The fourth-order valence-electron chi connectivity index (χ4n) is 2.76. The predicted octanol–water partition coefficient (Wildman–Crippen LogP) is 1.11. The number of hydrogen-bond acceptors (Lipinski definition) is 6. The molecule has 0 aliphatic carbocycles. The molecule has 0 aromatic heterocycles. The quantitative estimate of drug-likeness (QED) is 0.815. The summed E-state index contributed by atoms with van der Waals surface area (Å²) in [6.07, 6.45) is 0. The summed E-state index contributed by atoms with van der Waals surface area (Å²) in [4.78, 5) is 14.4. The van der Waals surface area contributed by atoms with Crippen LogP contribution >= 0.6 is 0 Å². The van der Waals surface area contributed by atoms with Crippen LogP contribution in [0.25, 0.3) is 0 Å². The zero-order valence-electron chi connectivity index (χ0n) is 13.8. The van der Waals surface area contributed by atoms with Gasteiger partial charge in [-0.05, 0) is 18.1 Å². The third-order valence-electron chi connectivity index (χ3n) is 3.92. The Bertz CT molecular complexity index is 767. The van der Waals surface area contributed by atoms with Crippen molar-refractivity contribution in [3.63, 3.8) is 0 Å². The largest absolute Gasteiger partial charge is 0.378 e. The topological polar surface area (TPSA) is 79.3 Å². The number of rotatable bonds is 3. The van der Waals surface area contributed by atoms with Crippen molar-refractivity contribution in [3.05, 3.63) is 24.3 Å². The number of fused-ring (bicyclic) bond motifs is 1. The Labute approximate surface area is 141 Å². The van der Waals surface area contributed by atoms with E-state index in [1.165, 1.54) is 11.0 Å². The summed E-state index contributed by atoms with van der Waals surface area (Å²) in [7, 11) is -3.92. The number of para-hydroxylation sites is 1. The van der Waals surface area contributed by atoms with Crippen molar-refractivity contribution < 1.29 is 17.9 Å². The van der Waals surface area contributed by atoms with E-state index < -0.39 is 20.8 Å². The first kappa shape index (κ1) is 16.9. The van der Waals surface area contributed by atoms with Crippen LogP contribution in [-0.2, 0) is 19.4 Å². The van der Waals surface area contributed by atoms with E-state index in [9.17, 15) is 13.2 Å². The lowest BCUT2D eigenvalue weighted by Crippen LogP contribution is -2.48. The Morgan fingerprint density at radius 3 is 2.58 bits per heavy atom. The Kier molecular flexibility index (Phi) is 4.60. The average molecular weight is 351 g/mol. The molecule has 0 N–H and O–H groups in total. The summed E-state index contributed by atoms with van der Waals surface area (Å²) in [5.41, 5.74) is 0.518. The number of benzene rings is 1. The van der Waals surface area contributed by atoms with Crippen LogP contribution in [-0.4, -0.2) is 57.1 Å². The van der Waals surface area contributed by atoms with E-state index >= 15 is 0 Å². The first-order chi connectivity index (χ1) is 11.4. The molecule has 0 saturated carbocycles. The van der Waals surface area contributed by atoms with Gasteiger partial charge in [0, 0.05) is 19.6 Å². The third kappa shape index (κ3) is 3.03. The number of morpholine rings is 1. The molecule has 0 unspecified atom stereocenters. The monoisotopic (exact) mass is 351 g/mol. The number of ether oxygens (including phenoxy) is 1. The summed E-state index contributed by atoms with van der Waals surface area (Å²) in [6, 6.07) is 6.67. The third-order valence-corrected chi connectivity index (χ3v) is 5.61. The maximum Gasteiger partial charge on any atom is 0.286 e. The van der Waals surface area contributed by atoms with E-state index in [1.807, 2.05) is 13.8 Å². The number of sulfone groups is 1. The van der Waals surface area contributed by atoms with E-state index in [0.717, 1.165) is 0 Å². The van der Waals surface area contributed by atoms with Crippen LogP contribution in [0, 0.1) is 5.92 Å². The van der Waals surface area contributed by atoms with Crippen LogP contribution in [0.4, 0.5) is 5.69 Å². The highest BCUT2D eigenvalue weighted by Crippen LogP contribution is 2.32. The standard InChI is InChI=1S/C16H21N3O4S/c1-12(2)11-19-13-5-3-4-6-14(13)24(21,22)15(17-19)16(20)18-7-9-23-10-8-18/h3-6,12H,7-11H2,1-2H3. The van der Waals surface area contributed by atoms with E-state index in [-0.39, 0.29) is 10.8 Å². The normalized spacial score (nSPS) is 19.9. The number of nitrogens with zero attached hydrogens (tertiary/aromatic N) is 3. The predicted molar refractivity (Wildman–Crippen MR) is 90.6 cm³/mol. The Hall–Kier alpha value is -1.93. The number of anilines is 1. The highest BCUT2D eigenvalue weighted by molar-refractivity contribution is 8.08. The summed E-state index contributed by atoms with van der Waals surface area (Å²) >= 11 is 0. The second-order valence-corrected chi connectivity index (χ2v) is 8.09. The SMILES string of the molecule is CC(C)CN1N=C(C(=O)N2CCOCC2)S(=O)(=O)c2ccccc21. The number of hydrogen-bond donors (Lipinski definition) is 0. The summed E-state index contributed by atoms with van der Waals surface area (Å²) in [5.74, 6) is -0.288. The fourth-order valence-corrected chi connectivity index (χ4v) is 4.24. The molecule has 3 rings (SSSR count). The minimum absolute atomic E-state index is 0.136. The molecular formula is C16H21N3O4S. The van der Waals surface area contributed by atoms with Crippen LogP contribution in [0.5, 0.6) is 0 Å². The molecule has 0 spiro atoms. The molecule has 2 heterocycles. The van der Waals surface area contributed by atoms with Gasteiger partial charge < -0.3 is 9.64 Å². The lowest BCUT2D eigenvalue weighted by molar-refractivity contribution is -0.127. The Morgan fingerprint density at radius 2 is 1.92 bits per heavy atom. The molecule has 130 valence electrons. The van der Waals surface area contributed by atoms with Gasteiger partial charge in [0.15, 0.2) is 0 Å². The number of carbonyl (C=O) groups excluding carboxylic acids is 1. The molecule has 0 atom stereocenters. The van der Waals surface area contributed by atoms with Crippen molar-refractivity contribution in [1.82, 2.24) is 4.90 Å². The van der Waals surface area contributed by atoms with Crippen molar-refractivity contribution in [1.29, 1.82) is 0 Å². The van der Waals surface area contributed by atoms with Gasteiger partial charge in [-0.15, -0.1) is 0 Å². The van der Waals surface area contributed by atoms with Gasteiger partial charge in [-0.3, -0.25) is 9.80 Å². The van der Waals surface area contributed by atoms with Crippen molar-refractivity contribution in [2.75, 3.05) is 37.9 Å². The summed E-state index contributed by atoms with van der Waals surface area (Å²) < 4.78 is 31.0. The highest BCUT2D eigenvalue weighted by atomic mass is 32.2. The number of carbonyl (C=O) groups is 1. The van der Waals surface area contributed by atoms with Crippen LogP contribution < -0.4 is 5.01 Å². The smallest absolute Gasteiger partial charge is 0.286 e. The van der Waals surface area contributed by atoms with E-state index in [2.05, 4.69) is 5.10 Å². The Morgan fingerprint density at radius 1 is 1.25 bits per heavy atom. The molecule has 1 saturated heterocycles.